The van der Waals surface area contributed by atoms with Crippen LogP contribution < -0.4 is 4.74 Å². The molecule has 3 nitrogen and oxygen atoms in total. The molecule has 0 aliphatic carbocycles. The Bertz CT molecular complexity index is 803. The highest BCUT2D eigenvalue weighted by Gasteiger charge is 2.41. The van der Waals surface area contributed by atoms with Gasteiger partial charge in [0.2, 0.25) is 5.91 Å². The average molecular weight is 456 g/mol. The average Bonchev–Trinajstić information content (AvgIpc) is 2.67. The lowest BCUT2D eigenvalue weighted by atomic mass is 9.96. The van der Waals surface area contributed by atoms with Crippen molar-refractivity contribution in [3.63, 3.8) is 0 Å². The molecule has 0 atom stereocenters. The Kier molecular flexibility index (Phi) is 6.65. The Morgan fingerprint density at radius 3 is 2.43 bits per heavy atom. The Morgan fingerprint density at radius 2 is 1.79 bits per heavy atom. The number of amides is 1. The van der Waals surface area contributed by atoms with Gasteiger partial charge in [-0.1, -0.05) is 46.3 Å². The number of ether oxygens (including phenoxy) is 1. The van der Waals surface area contributed by atoms with Crippen LogP contribution in [0.3, 0.4) is 0 Å². The zero-order valence-corrected chi connectivity index (χ0v) is 16.8. The van der Waals surface area contributed by atoms with E-state index >= 15 is 0 Å². The molecule has 2 aromatic carbocycles. The molecule has 1 amide bonds. The molecular weight excluding hydrogens is 435 g/mol. The van der Waals surface area contributed by atoms with Crippen LogP contribution in [-0.4, -0.2) is 30.1 Å². The highest BCUT2D eigenvalue weighted by Crippen LogP contribution is 2.34. The van der Waals surface area contributed by atoms with Crippen molar-refractivity contribution in [3.8, 4) is 5.75 Å². The van der Waals surface area contributed by atoms with Crippen LogP contribution in [0.2, 0.25) is 0 Å². The van der Waals surface area contributed by atoms with E-state index in [9.17, 15) is 18.0 Å². The van der Waals surface area contributed by atoms with Crippen molar-refractivity contribution < 1.29 is 22.7 Å². The number of hydrogen-bond donors (Lipinski definition) is 0. The zero-order valence-electron chi connectivity index (χ0n) is 15.2. The van der Waals surface area contributed by atoms with Crippen molar-refractivity contribution in [3.05, 3.63) is 64.1 Å². The first-order valence-corrected chi connectivity index (χ1v) is 9.92. The minimum atomic E-state index is -4.18. The second-order valence-electron chi connectivity index (χ2n) is 6.90. The highest BCUT2D eigenvalue weighted by molar-refractivity contribution is 9.10. The predicted octanol–water partition coefficient (Wildman–Crippen LogP) is 5.37. The quantitative estimate of drug-likeness (QED) is 0.606. The molecule has 0 aromatic heterocycles. The minimum Gasteiger partial charge on any atom is -0.489 e. The SMILES string of the molecule is O=C(Cc1cc(Br)ccc1OCc1ccccc1)N1CCC(C(F)(F)F)CC1. The molecule has 0 N–H and O–H groups in total. The third-order valence-corrected chi connectivity index (χ3v) is 5.41. The monoisotopic (exact) mass is 455 g/mol. The lowest BCUT2D eigenvalue weighted by Gasteiger charge is -2.33. The molecule has 1 aliphatic heterocycles. The maximum Gasteiger partial charge on any atom is 0.391 e. The van der Waals surface area contributed by atoms with Crippen LogP contribution in [0.4, 0.5) is 13.2 Å². The van der Waals surface area contributed by atoms with Gasteiger partial charge in [0.1, 0.15) is 12.4 Å². The number of hydrogen-bond acceptors (Lipinski definition) is 2. The van der Waals surface area contributed by atoms with Crippen molar-refractivity contribution in [2.24, 2.45) is 5.92 Å². The van der Waals surface area contributed by atoms with Gasteiger partial charge < -0.3 is 9.64 Å². The summed E-state index contributed by atoms with van der Waals surface area (Å²) in [6, 6.07) is 15.1. The predicted molar refractivity (Wildman–Crippen MR) is 104 cm³/mol. The van der Waals surface area contributed by atoms with Gasteiger partial charge in [0.15, 0.2) is 0 Å². The molecule has 1 aliphatic rings. The van der Waals surface area contributed by atoms with Crippen LogP contribution in [0.1, 0.15) is 24.0 Å². The molecule has 0 radical (unpaired) electrons. The van der Waals surface area contributed by atoms with Crippen LogP contribution >= 0.6 is 15.9 Å². The summed E-state index contributed by atoms with van der Waals surface area (Å²) in [4.78, 5) is 14.2. The summed E-state index contributed by atoms with van der Waals surface area (Å²) in [6.07, 6.45) is -4.16. The summed E-state index contributed by atoms with van der Waals surface area (Å²) in [5.74, 6) is -0.888. The molecule has 1 saturated heterocycles. The number of likely N-dealkylation sites (tertiary alicyclic amines) is 1. The maximum atomic E-state index is 12.8. The van der Waals surface area contributed by atoms with Crippen molar-refractivity contribution in [2.75, 3.05) is 13.1 Å². The van der Waals surface area contributed by atoms with E-state index in [2.05, 4.69) is 15.9 Å². The van der Waals surface area contributed by atoms with E-state index in [1.807, 2.05) is 42.5 Å². The summed E-state index contributed by atoms with van der Waals surface area (Å²) in [5.41, 5.74) is 1.73. The standard InChI is InChI=1S/C21H21BrF3NO2/c22-18-6-7-19(28-14-15-4-2-1-3-5-15)16(12-18)13-20(27)26-10-8-17(9-11-26)21(23,24)25/h1-7,12,17H,8-11,13-14H2. The van der Waals surface area contributed by atoms with Crippen molar-refractivity contribution >= 4 is 21.8 Å². The van der Waals surface area contributed by atoms with Gasteiger partial charge in [-0.05, 0) is 36.6 Å². The van der Waals surface area contributed by atoms with Gasteiger partial charge in [0, 0.05) is 23.1 Å². The number of alkyl halides is 3. The fourth-order valence-electron chi connectivity index (χ4n) is 3.29. The first-order chi connectivity index (χ1) is 13.3. The van der Waals surface area contributed by atoms with E-state index in [0.29, 0.717) is 17.9 Å². The zero-order chi connectivity index (χ0) is 20.1. The van der Waals surface area contributed by atoms with E-state index in [0.717, 1.165) is 10.0 Å². The van der Waals surface area contributed by atoms with E-state index in [4.69, 9.17) is 4.74 Å². The summed E-state index contributed by atoms with van der Waals surface area (Å²) < 4.78 is 45.1. The van der Waals surface area contributed by atoms with E-state index < -0.39 is 12.1 Å². The normalized spacial score (nSPS) is 15.5. The molecule has 1 fully saturated rings. The van der Waals surface area contributed by atoms with Crippen LogP contribution in [0.15, 0.2) is 53.0 Å². The van der Waals surface area contributed by atoms with E-state index in [-0.39, 0.29) is 38.3 Å². The van der Waals surface area contributed by atoms with Crippen LogP contribution in [-0.2, 0) is 17.8 Å². The fourth-order valence-corrected chi connectivity index (χ4v) is 3.70. The Labute approximate surface area is 170 Å². The van der Waals surface area contributed by atoms with Crippen molar-refractivity contribution in [2.45, 2.75) is 32.0 Å². The van der Waals surface area contributed by atoms with Gasteiger partial charge in [-0.15, -0.1) is 0 Å². The number of carbonyl (C=O) groups excluding carboxylic acids is 1. The third-order valence-electron chi connectivity index (χ3n) is 4.91. The van der Waals surface area contributed by atoms with Gasteiger partial charge in [-0.2, -0.15) is 13.2 Å². The Hall–Kier alpha value is -2.02. The van der Waals surface area contributed by atoms with E-state index in [1.165, 1.54) is 4.90 Å². The van der Waals surface area contributed by atoms with Crippen LogP contribution in [0, 0.1) is 5.92 Å². The minimum absolute atomic E-state index is 0.0366. The molecule has 28 heavy (non-hydrogen) atoms. The number of rotatable bonds is 5. The fraction of sp³-hybridized carbons (Fsp3) is 0.381. The van der Waals surface area contributed by atoms with Gasteiger partial charge >= 0.3 is 6.18 Å². The van der Waals surface area contributed by atoms with Gasteiger partial charge in [-0.25, -0.2) is 0 Å². The van der Waals surface area contributed by atoms with Crippen molar-refractivity contribution in [1.29, 1.82) is 0 Å². The number of halogens is 4. The largest absolute Gasteiger partial charge is 0.489 e. The lowest BCUT2D eigenvalue weighted by Crippen LogP contribution is -2.42. The molecule has 0 spiro atoms. The number of nitrogens with zero attached hydrogens (tertiary/aromatic N) is 1. The molecule has 0 saturated carbocycles. The van der Waals surface area contributed by atoms with Crippen LogP contribution in [0.25, 0.3) is 0 Å². The summed E-state index contributed by atoms with van der Waals surface area (Å²) in [7, 11) is 0. The number of piperidine rings is 1. The second-order valence-corrected chi connectivity index (χ2v) is 7.82. The Balaban J connectivity index is 1.63. The first kappa shape index (κ1) is 20.7. The molecule has 0 bridgehead atoms. The maximum absolute atomic E-state index is 12.8. The smallest absolute Gasteiger partial charge is 0.391 e. The first-order valence-electron chi connectivity index (χ1n) is 9.12. The van der Waals surface area contributed by atoms with Crippen LogP contribution in [0.5, 0.6) is 5.75 Å². The lowest BCUT2D eigenvalue weighted by molar-refractivity contribution is -0.186. The molecular formula is C21H21BrF3NO2. The van der Waals surface area contributed by atoms with Gasteiger partial charge in [-0.3, -0.25) is 4.79 Å². The topological polar surface area (TPSA) is 29.5 Å². The molecule has 1 heterocycles. The van der Waals surface area contributed by atoms with E-state index in [1.54, 1.807) is 6.07 Å². The molecule has 3 rings (SSSR count). The summed E-state index contributed by atoms with van der Waals surface area (Å²) in [6.45, 7) is 0.648. The third kappa shape index (κ3) is 5.50. The van der Waals surface area contributed by atoms with Crippen molar-refractivity contribution in [1.82, 2.24) is 4.90 Å². The molecule has 150 valence electrons. The molecule has 2 aromatic rings. The Morgan fingerprint density at radius 1 is 1.11 bits per heavy atom. The second kappa shape index (κ2) is 8.99. The van der Waals surface area contributed by atoms with Gasteiger partial charge in [0.05, 0.1) is 12.3 Å². The number of benzene rings is 2. The summed E-state index contributed by atoms with van der Waals surface area (Å²) >= 11 is 3.40. The molecule has 0 unspecified atom stereocenters. The summed E-state index contributed by atoms with van der Waals surface area (Å²) in [5, 5.41) is 0. The van der Waals surface area contributed by atoms with Gasteiger partial charge in [0.25, 0.3) is 0 Å². The number of carbonyl (C=O) groups is 1. The molecule has 7 heteroatoms. The highest BCUT2D eigenvalue weighted by atomic mass is 79.9.